The van der Waals surface area contributed by atoms with E-state index >= 15 is 0 Å². The Morgan fingerprint density at radius 2 is 1.94 bits per heavy atom. The van der Waals surface area contributed by atoms with Crippen LogP contribution in [0.25, 0.3) is 0 Å². The molecule has 2 nitrogen and oxygen atoms in total. The van der Waals surface area contributed by atoms with Crippen LogP contribution in [-0.4, -0.2) is 28.8 Å². The lowest BCUT2D eigenvalue weighted by Gasteiger charge is -2.18. The fraction of sp³-hybridized carbons (Fsp3) is 0.500. The molecule has 0 aromatic heterocycles. The van der Waals surface area contributed by atoms with Crippen molar-refractivity contribution in [2.24, 2.45) is 0 Å². The number of alkyl halides is 2. The summed E-state index contributed by atoms with van der Waals surface area (Å²) in [6, 6.07) is 7.70. The SMILES string of the molecule is CC(CNCC(F)(F)c1ccccc1)S(C)=O. The maximum atomic E-state index is 13.7. The molecule has 0 saturated carbocycles. The zero-order chi connectivity index (χ0) is 12.9. The quantitative estimate of drug-likeness (QED) is 0.850. The minimum Gasteiger partial charge on any atom is -0.310 e. The Morgan fingerprint density at radius 3 is 2.47 bits per heavy atom. The van der Waals surface area contributed by atoms with Crippen LogP contribution in [0.1, 0.15) is 12.5 Å². The largest absolute Gasteiger partial charge is 0.310 e. The smallest absolute Gasteiger partial charge is 0.285 e. The molecule has 0 fully saturated rings. The first-order valence-electron chi connectivity index (χ1n) is 5.40. The highest BCUT2D eigenvalue weighted by Gasteiger charge is 2.30. The summed E-state index contributed by atoms with van der Waals surface area (Å²) in [5.41, 5.74) is -0.00206. The van der Waals surface area contributed by atoms with Crippen LogP contribution >= 0.6 is 0 Å². The van der Waals surface area contributed by atoms with Crippen molar-refractivity contribution in [1.29, 1.82) is 0 Å². The highest BCUT2D eigenvalue weighted by atomic mass is 32.2. The predicted octanol–water partition coefficient (Wildman–Crippen LogP) is 2.13. The third-order valence-corrected chi connectivity index (χ3v) is 3.84. The second-order valence-corrected chi connectivity index (χ2v) is 5.81. The Bertz CT molecular complexity index is 370. The monoisotopic (exact) mass is 261 g/mol. The van der Waals surface area contributed by atoms with Gasteiger partial charge in [0.2, 0.25) is 0 Å². The second kappa shape index (κ2) is 6.21. The van der Waals surface area contributed by atoms with Crippen molar-refractivity contribution in [3.05, 3.63) is 35.9 Å². The topological polar surface area (TPSA) is 29.1 Å². The lowest BCUT2D eigenvalue weighted by Crippen LogP contribution is -2.35. The average Bonchev–Trinajstić information content (AvgIpc) is 2.29. The van der Waals surface area contributed by atoms with Gasteiger partial charge < -0.3 is 5.32 Å². The highest BCUT2D eigenvalue weighted by Crippen LogP contribution is 2.26. The lowest BCUT2D eigenvalue weighted by molar-refractivity contribution is -0.00284. The molecule has 17 heavy (non-hydrogen) atoms. The molecule has 0 aliphatic carbocycles. The van der Waals surface area contributed by atoms with Gasteiger partial charge in [-0.1, -0.05) is 30.3 Å². The average molecular weight is 261 g/mol. The minimum atomic E-state index is -2.89. The molecule has 1 N–H and O–H groups in total. The van der Waals surface area contributed by atoms with Gasteiger partial charge >= 0.3 is 0 Å². The number of nitrogens with one attached hydrogen (secondary N) is 1. The molecule has 96 valence electrons. The van der Waals surface area contributed by atoms with Gasteiger partial charge in [0.25, 0.3) is 5.92 Å². The number of hydrogen-bond donors (Lipinski definition) is 1. The summed E-state index contributed by atoms with van der Waals surface area (Å²) in [5, 5.41) is 2.54. The van der Waals surface area contributed by atoms with Gasteiger partial charge in [0.15, 0.2) is 0 Å². The summed E-state index contributed by atoms with van der Waals surface area (Å²) in [5.74, 6) is -2.89. The number of halogens is 2. The molecular weight excluding hydrogens is 244 g/mol. The fourth-order valence-corrected chi connectivity index (χ4v) is 1.69. The third-order valence-electron chi connectivity index (χ3n) is 2.54. The maximum Gasteiger partial charge on any atom is 0.285 e. The molecule has 0 radical (unpaired) electrons. The van der Waals surface area contributed by atoms with Gasteiger partial charge in [0, 0.05) is 34.4 Å². The summed E-state index contributed by atoms with van der Waals surface area (Å²) in [4.78, 5) is 0. The van der Waals surface area contributed by atoms with Crippen LogP contribution in [-0.2, 0) is 16.7 Å². The Kier molecular flexibility index (Phi) is 5.21. The van der Waals surface area contributed by atoms with Crippen molar-refractivity contribution >= 4 is 10.8 Å². The molecule has 0 aliphatic heterocycles. The lowest BCUT2D eigenvalue weighted by atomic mass is 10.1. The van der Waals surface area contributed by atoms with Crippen LogP contribution in [0.15, 0.2) is 30.3 Å². The molecule has 0 saturated heterocycles. The van der Waals surface area contributed by atoms with Gasteiger partial charge in [0.05, 0.1) is 6.54 Å². The molecule has 0 heterocycles. The van der Waals surface area contributed by atoms with Crippen molar-refractivity contribution in [1.82, 2.24) is 5.32 Å². The van der Waals surface area contributed by atoms with E-state index in [4.69, 9.17) is 0 Å². The summed E-state index contributed by atoms with van der Waals surface area (Å²) >= 11 is 0. The van der Waals surface area contributed by atoms with E-state index in [2.05, 4.69) is 5.32 Å². The van der Waals surface area contributed by atoms with Gasteiger partial charge in [-0.05, 0) is 6.92 Å². The van der Waals surface area contributed by atoms with Crippen molar-refractivity contribution in [2.45, 2.75) is 18.1 Å². The molecule has 2 unspecified atom stereocenters. The number of rotatable bonds is 6. The number of hydrogen-bond acceptors (Lipinski definition) is 2. The van der Waals surface area contributed by atoms with E-state index < -0.39 is 23.3 Å². The standard InChI is InChI=1S/C12H17F2NOS/c1-10(17(2)16)8-15-9-12(13,14)11-6-4-3-5-7-11/h3-7,10,15H,8-9H2,1-2H3. The van der Waals surface area contributed by atoms with E-state index in [1.54, 1.807) is 31.4 Å². The van der Waals surface area contributed by atoms with Crippen molar-refractivity contribution in [3.8, 4) is 0 Å². The molecule has 0 aliphatic rings. The molecule has 1 rings (SSSR count). The Morgan fingerprint density at radius 1 is 1.35 bits per heavy atom. The van der Waals surface area contributed by atoms with E-state index in [9.17, 15) is 13.0 Å². The van der Waals surface area contributed by atoms with E-state index in [-0.39, 0.29) is 10.8 Å². The Balaban J connectivity index is 2.48. The fourth-order valence-electron chi connectivity index (χ4n) is 1.33. The highest BCUT2D eigenvalue weighted by molar-refractivity contribution is 7.84. The van der Waals surface area contributed by atoms with Gasteiger partial charge in [-0.3, -0.25) is 4.21 Å². The first kappa shape index (κ1) is 14.3. The van der Waals surface area contributed by atoms with Crippen LogP contribution < -0.4 is 5.32 Å². The maximum absolute atomic E-state index is 13.7. The molecular formula is C12H17F2NOS. The predicted molar refractivity (Wildman–Crippen MR) is 66.7 cm³/mol. The zero-order valence-electron chi connectivity index (χ0n) is 9.95. The normalized spacial score (nSPS) is 15.5. The molecule has 1 aromatic rings. The Hall–Kier alpha value is -0.810. The Labute approximate surface area is 103 Å². The molecule has 2 atom stereocenters. The van der Waals surface area contributed by atoms with Crippen LogP contribution in [0.4, 0.5) is 8.78 Å². The first-order valence-corrected chi connectivity index (χ1v) is 7.02. The molecule has 1 aromatic carbocycles. The van der Waals surface area contributed by atoms with Crippen LogP contribution in [0.2, 0.25) is 0 Å². The first-order chi connectivity index (χ1) is 7.93. The van der Waals surface area contributed by atoms with E-state index in [1.165, 1.54) is 12.1 Å². The van der Waals surface area contributed by atoms with Crippen molar-refractivity contribution < 1.29 is 13.0 Å². The third kappa shape index (κ3) is 4.52. The zero-order valence-corrected chi connectivity index (χ0v) is 10.8. The van der Waals surface area contributed by atoms with Crippen LogP contribution in [0, 0.1) is 0 Å². The second-order valence-electron chi connectivity index (χ2n) is 4.01. The summed E-state index contributed by atoms with van der Waals surface area (Å²) < 4.78 is 38.4. The van der Waals surface area contributed by atoms with Gasteiger partial charge in [-0.15, -0.1) is 0 Å². The van der Waals surface area contributed by atoms with Crippen LogP contribution in [0.3, 0.4) is 0 Å². The van der Waals surface area contributed by atoms with Crippen LogP contribution in [0.5, 0.6) is 0 Å². The molecule has 0 amide bonds. The number of benzene rings is 1. The van der Waals surface area contributed by atoms with E-state index in [0.717, 1.165) is 0 Å². The van der Waals surface area contributed by atoms with Crippen molar-refractivity contribution in [3.63, 3.8) is 0 Å². The minimum absolute atomic E-state index is 0.00206. The summed E-state index contributed by atoms with van der Waals surface area (Å²) in [6.45, 7) is 1.66. The van der Waals surface area contributed by atoms with E-state index in [0.29, 0.717) is 6.54 Å². The van der Waals surface area contributed by atoms with E-state index in [1.807, 2.05) is 0 Å². The summed E-state index contributed by atoms with van der Waals surface area (Å²) in [6.07, 6.45) is 1.57. The van der Waals surface area contributed by atoms with Crippen molar-refractivity contribution in [2.75, 3.05) is 19.3 Å². The van der Waals surface area contributed by atoms with Gasteiger partial charge in [-0.2, -0.15) is 8.78 Å². The van der Waals surface area contributed by atoms with Gasteiger partial charge in [0.1, 0.15) is 0 Å². The van der Waals surface area contributed by atoms with Gasteiger partial charge in [-0.25, -0.2) is 0 Å². The molecule has 5 heteroatoms. The molecule has 0 spiro atoms. The molecule has 0 bridgehead atoms. The summed E-state index contributed by atoms with van der Waals surface area (Å²) in [7, 11) is -0.990.